The minimum Gasteiger partial charge on any atom is -0.296 e. The molecule has 1 aliphatic heterocycles. The van der Waals surface area contributed by atoms with Crippen LogP contribution in [0.15, 0.2) is 10.9 Å². The molecule has 0 aliphatic carbocycles. The molecule has 9 nitrogen and oxygen atoms in total. The molecule has 112 valence electrons. The van der Waals surface area contributed by atoms with Crippen molar-refractivity contribution in [1.29, 1.82) is 0 Å². The highest BCUT2D eigenvalue weighted by molar-refractivity contribution is 9.10. The van der Waals surface area contributed by atoms with E-state index in [4.69, 9.17) is 5.14 Å². The standard InChI is InChI=1S/C10H11BrN6O3S/c11-8-7-9(16-15-8)13-4-14-10(7)17-2-5(1-6(17)18)3-21(12,19)20/h4-5H,1-3H2,(H2,12,19,20)(H,13,14,15,16). The van der Waals surface area contributed by atoms with Crippen LogP contribution in [0, 0.1) is 5.92 Å². The zero-order chi connectivity index (χ0) is 15.2. The Labute approximate surface area is 128 Å². The van der Waals surface area contributed by atoms with E-state index in [9.17, 15) is 13.2 Å². The van der Waals surface area contributed by atoms with Crippen LogP contribution in [-0.4, -0.2) is 46.8 Å². The van der Waals surface area contributed by atoms with E-state index in [1.165, 1.54) is 11.2 Å². The highest BCUT2D eigenvalue weighted by Crippen LogP contribution is 2.32. The van der Waals surface area contributed by atoms with Gasteiger partial charge < -0.3 is 0 Å². The van der Waals surface area contributed by atoms with Crippen molar-refractivity contribution in [3.63, 3.8) is 0 Å². The molecule has 3 heterocycles. The number of nitrogens with one attached hydrogen (secondary N) is 1. The smallest absolute Gasteiger partial charge is 0.228 e. The van der Waals surface area contributed by atoms with E-state index in [1.807, 2.05) is 0 Å². The second-order valence-electron chi connectivity index (χ2n) is 4.84. The van der Waals surface area contributed by atoms with Gasteiger partial charge in [0.05, 0.1) is 11.1 Å². The third kappa shape index (κ3) is 2.76. The number of carbonyl (C=O) groups is 1. The molecule has 3 rings (SSSR count). The van der Waals surface area contributed by atoms with Gasteiger partial charge in [-0.15, -0.1) is 0 Å². The van der Waals surface area contributed by atoms with Crippen molar-refractivity contribution in [2.24, 2.45) is 11.1 Å². The van der Waals surface area contributed by atoms with E-state index in [1.54, 1.807) is 0 Å². The normalized spacial score (nSPS) is 19.6. The van der Waals surface area contributed by atoms with Crippen LogP contribution in [-0.2, 0) is 14.8 Å². The SMILES string of the molecule is NS(=O)(=O)CC1CC(=O)N(c2ncnc3n[nH]c(Br)c23)C1. The summed E-state index contributed by atoms with van der Waals surface area (Å²) in [5.41, 5.74) is 0.426. The number of amides is 1. The van der Waals surface area contributed by atoms with Gasteiger partial charge >= 0.3 is 0 Å². The van der Waals surface area contributed by atoms with Crippen LogP contribution in [0.2, 0.25) is 0 Å². The van der Waals surface area contributed by atoms with Gasteiger partial charge in [0, 0.05) is 18.9 Å². The molecule has 0 saturated carbocycles. The summed E-state index contributed by atoms with van der Waals surface area (Å²) in [7, 11) is -3.62. The highest BCUT2D eigenvalue weighted by Gasteiger charge is 2.35. The molecule has 0 spiro atoms. The van der Waals surface area contributed by atoms with Gasteiger partial charge in [-0.2, -0.15) is 5.10 Å². The van der Waals surface area contributed by atoms with Crippen molar-refractivity contribution in [2.45, 2.75) is 6.42 Å². The number of H-pyrrole nitrogens is 1. The summed E-state index contributed by atoms with van der Waals surface area (Å²) in [5.74, 6) is -0.363. The zero-order valence-corrected chi connectivity index (χ0v) is 13.1. The van der Waals surface area contributed by atoms with Gasteiger partial charge in [0.2, 0.25) is 15.9 Å². The summed E-state index contributed by atoms with van der Waals surface area (Å²) >= 11 is 3.30. The Hall–Kier alpha value is -1.59. The highest BCUT2D eigenvalue weighted by atomic mass is 79.9. The quantitative estimate of drug-likeness (QED) is 0.760. The molecule has 1 amide bonds. The molecule has 2 aromatic rings. The van der Waals surface area contributed by atoms with Crippen LogP contribution in [0.25, 0.3) is 11.0 Å². The maximum absolute atomic E-state index is 12.1. The molecule has 1 unspecified atom stereocenters. The Morgan fingerprint density at radius 3 is 2.95 bits per heavy atom. The molecule has 0 aromatic carbocycles. The number of aromatic amines is 1. The molecule has 0 bridgehead atoms. The van der Waals surface area contributed by atoms with E-state index < -0.39 is 10.0 Å². The Kier molecular flexibility index (Phi) is 3.42. The number of aromatic nitrogens is 4. The van der Waals surface area contributed by atoms with E-state index in [-0.39, 0.29) is 30.5 Å². The fourth-order valence-electron chi connectivity index (χ4n) is 2.44. The Morgan fingerprint density at radius 1 is 1.48 bits per heavy atom. The first-order chi connectivity index (χ1) is 9.85. The molecule has 1 atom stereocenters. The summed E-state index contributed by atoms with van der Waals surface area (Å²) in [5, 5.41) is 12.3. The summed E-state index contributed by atoms with van der Waals surface area (Å²) < 4.78 is 22.9. The number of halogens is 1. The first-order valence-electron chi connectivity index (χ1n) is 6.00. The average molecular weight is 375 g/mol. The van der Waals surface area contributed by atoms with Crippen molar-refractivity contribution in [2.75, 3.05) is 17.2 Å². The summed E-state index contributed by atoms with van der Waals surface area (Å²) in [6, 6.07) is 0. The van der Waals surface area contributed by atoms with Crippen LogP contribution in [0.3, 0.4) is 0 Å². The van der Waals surface area contributed by atoms with Crippen LogP contribution in [0.4, 0.5) is 5.82 Å². The lowest BCUT2D eigenvalue weighted by atomic mass is 10.1. The molecule has 1 saturated heterocycles. The number of anilines is 1. The minimum absolute atomic E-state index is 0.122. The molecule has 3 N–H and O–H groups in total. The van der Waals surface area contributed by atoms with Crippen LogP contribution in [0.1, 0.15) is 6.42 Å². The van der Waals surface area contributed by atoms with Crippen LogP contribution < -0.4 is 10.0 Å². The largest absolute Gasteiger partial charge is 0.296 e. The topological polar surface area (TPSA) is 135 Å². The monoisotopic (exact) mass is 374 g/mol. The maximum Gasteiger partial charge on any atom is 0.228 e. The van der Waals surface area contributed by atoms with Gasteiger partial charge in [0.1, 0.15) is 10.9 Å². The summed E-state index contributed by atoms with van der Waals surface area (Å²) in [6.07, 6.45) is 1.43. The van der Waals surface area contributed by atoms with Crippen molar-refractivity contribution in [3.8, 4) is 0 Å². The molecule has 11 heteroatoms. The number of carbonyl (C=O) groups excluding carboxylic acids is 1. The first kappa shape index (κ1) is 14.4. The van der Waals surface area contributed by atoms with E-state index in [2.05, 4.69) is 36.1 Å². The lowest BCUT2D eigenvalue weighted by Gasteiger charge is -2.16. The van der Waals surface area contributed by atoms with Gasteiger partial charge in [-0.05, 0) is 15.9 Å². The number of nitrogens with two attached hydrogens (primary N) is 1. The number of rotatable bonds is 3. The molecular formula is C10H11BrN6O3S. The second kappa shape index (κ2) is 5.00. The Morgan fingerprint density at radius 2 is 2.24 bits per heavy atom. The van der Waals surface area contributed by atoms with Gasteiger partial charge in [0.25, 0.3) is 0 Å². The van der Waals surface area contributed by atoms with Gasteiger partial charge in [-0.25, -0.2) is 23.5 Å². The number of hydrogen-bond acceptors (Lipinski definition) is 6. The molecule has 0 radical (unpaired) electrons. The second-order valence-corrected chi connectivity index (χ2v) is 7.29. The first-order valence-corrected chi connectivity index (χ1v) is 8.51. The van der Waals surface area contributed by atoms with Gasteiger partial charge in [-0.1, -0.05) is 0 Å². The summed E-state index contributed by atoms with van der Waals surface area (Å²) in [4.78, 5) is 21.7. The van der Waals surface area contributed by atoms with E-state index in [0.717, 1.165) is 0 Å². The van der Waals surface area contributed by atoms with Crippen LogP contribution >= 0.6 is 15.9 Å². The number of nitrogens with zero attached hydrogens (tertiary/aromatic N) is 4. The third-order valence-electron chi connectivity index (χ3n) is 3.22. The van der Waals surface area contributed by atoms with Crippen molar-refractivity contribution < 1.29 is 13.2 Å². The van der Waals surface area contributed by atoms with E-state index >= 15 is 0 Å². The summed E-state index contributed by atoms with van der Waals surface area (Å²) in [6.45, 7) is 0.249. The molecular weight excluding hydrogens is 364 g/mol. The van der Waals surface area contributed by atoms with Crippen molar-refractivity contribution in [3.05, 3.63) is 10.9 Å². The molecule has 1 aliphatic rings. The third-order valence-corrected chi connectivity index (χ3v) is 4.73. The predicted molar refractivity (Wildman–Crippen MR) is 77.8 cm³/mol. The maximum atomic E-state index is 12.1. The number of hydrogen-bond donors (Lipinski definition) is 2. The number of sulfonamides is 1. The molecule has 2 aromatic heterocycles. The molecule has 21 heavy (non-hydrogen) atoms. The minimum atomic E-state index is -3.62. The van der Waals surface area contributed by atoms with Gasteiger partial charge in [-0.3, -0.25) is 14.8 Å². The fraction of sp³-hybridized carbons (Fsp3) is 0.400. The average Bonchev–Trinajstić information content (AvgIpc) is 2.91. The zero-order valence-electron chi connectivity index (χ0n) is 10.7. The van der Waals surface area contributed by atoms with Crippen LogP contribution in [0.5, 0.6) is 0 Å². The molecule has 1 fully saturated rings. The lowest BCUT2D eigenvalue weighted by Crippen LogP contribution is -2.28. The number of primary sulfonamides is 1. The number of fused-ring (bicyclic) bond motifs is 1. The van der Waals surface area contributed by atoms with Crippen molar-refractivity contribution in [1.82, 2.24) is 20.2 Å². The predicted octanol–water partition coefficient (Wildman–Crippen LogP) is -0.243. The van der Waals surface area contributed by atoms with Crippen molar-refractivity contribution >= 4 is 48.7 Å². The Balaban J connectivity index is 1.96. The fourth-order valence-corrected chi connectivity index (χ4v) is 3.76. The Bertz CT molecular complexity index is 819. The van der Waals surface area contributed by atoms with E-state index in [0.29, 0.717) is 21.5 Å². The van der Waals surface area contributed by atoms with Gasteiger partial charge in [0.15, 0.2) is 11.5 Å². The lowest BCUT2D eigenvalue weighted by molar-refractivity contribution is -0.117.